The summed E-state index contributed by atoms with van der Waals surface area (Å²) >= 11 is 5.96. The number of carboxylic acids is 1. The number of amides is 3. The van der Waals surface area contributed by atoms with Crippen molar-refractivity contribution in [3.8, 4) is 0 Å². The zero-order chi connectivity index (χ0) is 21.3. The minimum atomic E-state index is -1.46. The SMILES string of the molecule is C[C@@H](O)[C@H](N)C(=O)N[C@@H](CS)C(=O)N[C@H](C(=O)N[C@@H](C[SeH])C(=O)O)[C@@H](C)O. The maximum absolute atomic E-state index is 12.3. The number of aliphatic hydroxyl groups is 2. The number of nitrogens with one attached hydrogen (secondary N) is 3. The number of rotatable bonds is 11. The second kappa shape index (κ2) is 12.2. The van der Waals surface area contributed by atoms with E-state index >= 15 is 0 Å². The number of thiol groups is 1. The van der Waals surface area contributed by atoms with Crippen LogP contribution < -0.4 is 21.7 Å². The summed E-state index contributed by atoms with van der Waals surface area (Å²) in [4.78, 5) is 47.4. The number of aliphatic hydroxyl groups excluding tert-OH is 2. The Morgan fingerprint density at radius 2 is 1.48 bits per heavy atom. The van der Waals surface area contributed by atoms with E-state index in [0.717, 1.165) is 0 Å². The van der Waals surface area contributed by atoms with Crippen molar-refractivity contribution in [3.63, 3.8) is 0 Å². The molecule has 0 aromatic rings. The second-order valence-corrected chi connectivity index (χ2v) is 6.95. The monoisotopic (exact) mass is 474 g/mol. The predicted octanol–water partition coefficient (Wildman–Crippen LogP) is -4.14. The van der Waals surface area contributed by atoms with Crippen LogP contribution in [-0.2, 0) is 19.2 Å². The van der Waals surface area contributed by atoms with Crippen LogP contribution in [0.15, 0.2) is 0 Å². The van der Waals surface area contributed by atoms with Crippen molar-refractivity contribution in [1.82, 2.24) is 16.0 Å². The Hall–Kier alpha value is -1.37. The average molecular weight is 473 g/mol. The molecule has 11 nitrogen and oxygen atoms in total. The first-order valence-corrected chi connectivity index (χ1v) is 9.89. The molecule has 13 heteroatoms. The number of nitrogens with two attached hydrogens (primary N) is 1. The van der Waals surface area contributed by atoms with E-state index in [1.807, 2.05) is 16.0 Å². The summed E-state index contributed by atoms with van der Waals surface area (Å²) in [5.74, 6) is -3.96. The van der Waals surface area contributed by atoms with Gasteiger partial charge in [-0.15, -0.1) is 0 Å². The van der Waals surface area contributed by atoms with E-state index in [4.69, 9.17) is 10.8 Å². The second-order valence-electron chi connectivity index (χ2n) is 5.82. The number of carbonyl (C=O) groups excluding carboxylic acids is 3. The molecule has 0 aromatic carbocycles. The van der Waals surface area contributed by atoms with E-state index < -0.39 is 60.1 Å². The van der Waals surface area contributed by atoms with Gasteiger partial charge >= 0.3 is 158 Å². The molecule has 0 aliphatic heterocycles. The normalized spacial score (nSPS) is 17.6. The van der Waals surface area contributed by atoms with Gasteiger partial charge in [0, 0.05) is 0 Å². The molecule has 0 fully saturated rings. The Bertz CT molecular complexity index is 550. The molecule has 0 aliphatic carbocycles. The molecule has 3 amide bonds. The number of carbonyl (C=O) groups is 4. The average Bonchev–Trinajstić information content (AvgIpc) is 2.59. The summed E-state index contributed by atoms with van der Waals surface area (Å²) in [6, 6.07) is -5.13. The van der Waals surface area contributed by atoms with E-state index in [2.05, 4.69) is 28.6 Å². The van der Waals surface area contributed by atoms with Gasteiger partial charge < -0.3 is 5.11 Å². The number of hydrogen-bond donors (Lipinski definition) is 8. The summed E-state index contributed by atoms with van der Waals surface area (Å²) in [6.07, 6.45) is -2.49. The van der Waals surface area contributed by atoms with Gasteiger partial charge in [-0.1, -0.05) is 0 Å². The third-order valence-corrected chi connectivity index (χ3v) is 4.63. The molecule has 0 bridgehead atoms. The number of hydrogen-bond acceptors (Lipinski definition) is 8. The Morgan fingerprint density at radius 1 is 0.963 bits per heavy atom. The molecule has 156 valence electrons. The van der Waals surface area contributed by atoms with E-state index in [-0.39, 0.29) is 11.1 Å². The first-order valence-electron chi connectivity index (χ1n) is 7.93. The van der Waals surface area contributed by atoms with E-state index in [0.29, 0.717) is 0 Å². The van der Waals surface area contributed by atoms with Crippen molar-refractivity contribution in [1.29, 1.82) is 0 Å². The number of aliphatic carboxylic acids is 1. The van der Waals surface area contributed by atoms with Crippen LogP contribution in [0.5, 0.6) is 0 Å². The molecule has 0 aromatic heterocycles. The minimum absolute atomic E-state index is 0.0428. The van der Waals surface area contributed by atoms with Gasteiger partial charge in [0.2, 0.25) is 0 Å². The molecule has 0 unspecified atom stereocenters. The molecule has 0 aliphatic rings. The molecular weight excluding hydrogens is 447 g/mol. The maximum atomic E-state index is 12.3. The van der Waals surface area contributed by atoms with Crippen molar-refractivity contribution in [2.45, 2.75) is 55.5 Å². The molecule has 0 rings (SSSR count). The van der Waals surface area contributed by atoms with E-state index in [1.54, 1.807) is 0 Å². The van der Waals surface area contributed by atoms with E-state index in [1.165, 1.54) is 13.8 Å². The Morgan fingerprint density at radius 3 is 1.85 bits per heavy atom. The van der Waals surface area contributed by atoms with Crippen LogP contribution in [0.2, 0.25) is 5.32 Å². The van der Waals surface area contributed by atoms with Crippen LogP contribution >= 0.6 is 12.6 Å². The van der Waals surface area contributed by atoms with Crippen LogP contribution in [0.3, 0.4) is 0 Å². The molecule has 6 atom stereocenters. The fourth-order valence-corrected chi connectivity index (χ4v) is 2.56. The molecule has 8 N–H and O–H groups in total. The van der Waals surface area contributed by atoms with Crippen LogP contribution in [0.25, 0.3) is 0 Å². The summed E-state index contributed by atoms with van der Waals surface area (Å²) in [6.45, 7) is 2.54. The molecule has 0 saturated carbocycles. The number of carboxylic acid groups (broad SMARTS) is 1. The van der Waals surface area contributed by atoms with Gasteiger partial charge in [0.25, 0.3) is 0 Å². The first-order chi connectivity index (χ1) is 12.5. The molecule has 27 heavy (non-hydrogen) atoms. The van der Waals surface area contributed by atoms with E-state index in [9.17, 15) is 29.4 Å². The summed E-state index contributed by atoms with van der Waals surface area (Å²) in [5.41, 5.74) is 5.48. The quantitative estimate of drug-likeness (QED) is 0.110. The molecule has 0 heterocycles. The molecule has 0 saturated heterocycles. The van der Waals surface area contributed by atoms with Gasteiger partial charge in [-0.2, -0.15) is 0 Å². The summed E-state index contributed by atoms with van der Waals surface area (Å²) < 4.78 is 0. The van der Waals surface area contributed by atoms with Crippen LogP contribution in [-0.4, -0.2) is 97.2 Å². The summed E-state index contributed by atoms with van der Waals surface area (Å²) in [5, 5.41) is 34.8. The van der Waals surface area contributed by atoms with Crippen molar-refractivity contribution < 1.29 is 34.5 Å². The summed E-state index contributed by atoms with van der Waals surface area (Å²) in [7, 11) is 0. The van der Waals surface area contributed by atoms with Crippen LogP contribution in [0, 0.1) is 0 Å². The Balaban J connectivity index is 5.10. The molecule has 0 spiro atoms. The van der Waals surface area contributed by atoms with Crippen molar-refractivity contribution in [2.75, 3.05) is 5.75 Å². The zero-order valence-electron chi connectivity index (χ0n) is 14.8. The first kappa shape index (κ1) is 25.6. The van der Waals surface area contributed by atoms with Crippen molar-refractivity contribution in [2.24, 2.45) is 5.73 Å². The Kier molecular flexibility index (Phi) is 11.5. The van der Waals surface area contributed by atoms with Gasteiger partial charge in [-0.3, -0.25) is 0 Å². The van der Waals surface area contributed by atoms with Gasteiger partial charge in [-0.25, -0.2) is 0 Å². The van der Waals surface area contributed by atoms with Crippen LogP contribution in [0.1, 0.15) is 13.8 Å². The third-order valence-electron chi connectivity index (χ3n) is 3.50. The molecular formula is C14H26N4O7SSe. The van der Waals surface area contributed by atoms with Crippen molar-refractivity contribution in [3.05, 3.63) is 0 Å². The zero-order valence-corrected chi connectivity index (χ0v) is 17.6. The Labute approximate surface area is 170 Å². The van der Waals surface area contributed by atoms with Gasteiger partial charge in [0.15, 0.2) is 0 Å². The van der Waals surface area contributed by atoms with Gasteiger partial charge in [0.1, 0.15) is 0 Å². The van der Waals surface area contributed by atoms with Gasteiger partial charge in [-0.05, 0) is 6.92 Å². The topological polar surface area (TPSA) is 191 Å². The van der Waals surface area contributed by atoms with Gasteiger partial charge in [0.05, 0.1) is 0 Å². The predicted molar refractivity (Wildman–Crippen MR) is 101 cm³/mol. The van der Waals surface area contributed by atoms with Crippen LogP contribution in [0.4, 0.5) is 0 Å². The standard InChI is InChI=1S/C14H26N4O7SSe/c1-5(19)9(15)12(22)16-7(3-26)11(21)18-10(6(2)20)13(23)17-8(4-27)14(24)25/h5-10,19-20,26-27H,3-4,15H2,1-2H3,(H,16,22)(H,17,23)(H,18,21)(H,24,25)/t5-,6-,7+,8+,9+,10+/m1/s1. The van der Waals surface area contributed by atoms with Crippen molar-refractivity contribution >= 4 is 52.3 Å². The fourth-order valence-electron chi connectivity index (χ4n) is 1.79. The third kappa shape index (κ3) is 8.45. The fraction of sp³-hybridized carbons (Fsp3) is 0.714. The molecule has 0 radical (unpaired) electrons.